The van der Waals surface area contributed by atoms with Gasteiger partial charge in [0.05, 0.1) is 0 Å². The van der Waals surface area contributed by atoms with E-state index in [2.05, 4.69) is 36.9 Å². The third-order valence-corrected chi connectivity index (χ3v) is 4.27. The number of pyridine rings is 1. The maximum absolute atomic E-state index is 11.5. The van der Waals surface area contributed by atoms with E-state index in [1.807, 2.05) is 32.2 Å². The Morgan fingerprint density at radius 1 is 1.27 bits per heavy atom. The third kappa shape index (κ3) is 7.35. The van der Waals surface area contributed by atoms with Crippen molar-refractivity contribution >= 4 is 41.7 Å². The van der Waals surface area contributed by atoms with Gasteiger partial charge in [-0.3, -0.25) is 9.79 Å². The van der Waals surface area contributed by atoms with Crippen molar-refractivity contribution in [1.29, 1.82) is 0 Å². The molecule has 2 heterocycles. The molecule has 1 aliphatic heterocycles. The first-order valence-electron chi connectivity index (χ1n) is 9.01. The first-order valence-corrected chi connectivity index (χ1v) is 9.01. The number of aliphatic imine (C=N–C) groups is 1. The van der Waals surface area contributed by atoms with Crippen molar-refractivity contribution in [1.82, 2.24) is 20.9 Å². The van der Waals surface area contributed by atoms with Gasteiger partial charge >= 0.3 is 0 Å². The number of nitrogens with one attached hydrogen (secondary N) is 3. The number of rotatable bonds is 6. The molecule has 1 aromatic rings. The number of hydrogen-bond donors (Lipinski definition) is 3. The van der Waals surface area contributed by atoms with Gasteiger partial charge in [-0.25, -0.2) is 4.98 Å². The zero-order valence-electron chi connectivity index (χ0n) is 15.9. The van der Waals surface area contributed by atoms with Crippen molar-refractivity contribution in [2.24, 2.45) is 10.9 Å². The molecule has 146 valence electrons. The van der Waals surface area contributed by atoms with E-state index in [4.69, 9.17) is 0 Å². The molecule has 0 saturated carbocycles. The number of aromatic nitrogens is 1. The fourth-order valence-electron chi connectivity index (χ4n) is 2.75. The van der Waals surface area contributed by atoms with Crippen LogP contribution in [0.1, 0.15) is 26.7 Å². The number of carbonyl (C=O) groups is 1. The molecule has 8 heteroatoms. The lowest BCUT2D eigenvalue weighted by atomic mass is 10.1. The Labute approximate surface area is 173 Å². The molecule has 3 N–H and O–H groups in total. The van der Waals surface area contributed by atoms with Crippen LogP contribution < -0.4 is 20.9 Å². The summed E-state index contributed by atoms with van der Waals surface area (Å²) < 4.78 is 0. The Balaban J connectivity index is 0.00000338. The van der Waals surface area contributed by atoms with Crippen LogP contribution in [0.4, 0.5) is 5.82 Å². The highest BCUT2D eigenvalue weighted by atomic mass is 127. The average Bonchev–Trinajstić information content (AvgIpc) is 2.65. The molecular formula is C18H31IN6O. The van der Waals surface area contributed by atoms with Gasteiger partial charge in [-0.1, -0.05) is 19.9 Å². The third-order valence-electron chi connectivity index (χ3n) is 4.27. The Bertz CT molecular complexity index is 558. The van der Waals surface area contributed by atoms with Gasteiger partial charge in [0.15, 0.2) is 5.96 Å². The molecular weight excluding hydrogens is 443 g/mol. The summed E-state index contributed by atoms with van der Waals surface area (Å²) in [4.78, 5) is 22.5. The van der Waals surface area contributed by atoms with Gasteiger partial charge < -0.3 is 20.9 Å². The highest BCUT2D eigenvalue weighted by Crippen LogP contribution is 2.17. The van der Waals surface area contributed by atoms with Gasteiger partial charge in [-0.15, -0.1) is 24.0 Å². The fourth-order valence-corrected chi connectivity index (χ4v) is 2.75. The molecule has 0 spiro atoms. The summed E-state index contributed by atoms with van der Waals surface area (Å²) >= 11 is 0. The second kappa shape index (κ2) is 11.9. The summed E-state index contributed by atoms with van der Waals surface area (Å²) in [6.45, 7) is 6.99. The average molecular weight is 474 g/mol. The minimum atomic E-state index is 0. The minimum Gasteiger partial charge on any atom is -0.356 e. The first-order chi connectivity index (χ1) is 12.1. The van der Waals surface area contributed by atoms with Crippen LogP contribution >= 0.6 is 24.0 Å². The lowest BCUT2D eigenvalue weighted by Gasteiger charge is -2.33. The molecule has 1 saturated heterocycles. The van der Waals surface area contributed by atoms with E-state index in [0.717, 1.165) is 37.7 Å². The van der Waals surface area contributed by atoms with Crippen LogP contribution in [-0.2, 0) is 4.79 Å². The highest BCUT2D eigenvalue weighted by molar-refractivity contribution is 14.0. The van der Waals surface area contributed by atoms with E-state index in [0.29, 0.717) is 19.1 Å². The molecule has 1 aromatic heterocycles. The van der Waals surface area contributed by atoms with E-state index in [-0.39, 0.29) is 35.8 Å². The highest BCUT2D eigenvalue weighted by Gasteiger charge is 2.20. The van der Waals surface area contributed by atoms with Gasteiger partial charge in [0.2, 0.25) is 5.91 Å². The van der Waals surface area contributed by atoms with E-state index in [1.165, 1.54) is 0 Å². The zero-order chi connectivity index (χ0) is 18.1. The van der Waals surface area contributed by atoms with Crippen molar-refractivity contribution in [3.8, 4) is 0 Å². The lowest BCUT2D eigenvalue weighted by Crippen LogP contribution is -2.50. The topological polar surface area (TPSA) is 81.6 Å². The number of amides is 1. The quantitative estimate of drug-likeness (QED) is 0.253. The Morgan fingerprint density at radius 2 is 1.96 bits per heavy atom. The molecule has 0 atom stereocenters. The van der Waals surface area contributed by atoms with Gasteiger partial charge in [-0.2, -0.15) is 0 Å². The largest absolute Gasteiger partial charge is 0.356 e. The number of halogens is 1. The molecule has 0 bridgehead atoms. The standard InChI is InChI=1S/C18H30N6O.HI/c1-14(2)17(25)21-10-11-22-18(19-3)23-15-7-12-24(13-8-15)16-6-4-5-9-20-16;/h4-6,9,14-15H,7-8,10-13H2,1-3H3,(H,21,25)(H2,19,22,23);1H. The Hall–Kier alpha value is -1.58. The van der Waals surface area contributed by atoms with E-state index < -0.39 is 0 Å². The predicted octanol–water partition coefficient (Wildman–Crippen LogP) is 1.61. The SMILES string of the molecule is CN=C(NCCNC(=O)C(C)C)NC1CCN(c2ccccn2)CC1.I. The normalized spacial score (nSPS) is 15.4. The number of piperidine rings is 1. The number of nitrogens with zero attached hydrogens (tertiary/aromatic N) is 3. The summed E-state index contributed by atoms with van der Waals surface area (Å²) in [6, 6.07) is 6.42. The van der Waals surface area contributed by atoms with Crippen molar-refractivity contribution in [2.45, 2.75) is 32.7 Å². The number of guanidine groups is 1. The monoisotopic (exact) mass is 474 g/mol. The van der Waals surface area contributed by atoms with Crippen LogP contribution in [0.5, 0.6) is 0 Å². The van der Waals surface area contributed by atoms with E-state index in [1.54, 1.807) is 7.05 Å². The predicted molar refractivity (Wildman–Crippen MR) is 117 cm³/mol. The summed E-state index contributed by atoms with van der Waals surface area (Å²) in [5.41, 5.74) is 0. The first kappa shape index (κ1) is 22.5. The van der Waals surface area contributed by atoms with Crippen LogP contribution in [0, 0.1) is 5.92 Å². The molecule has 1 amide bonds. The second-order valence-corrected chi connectivity index (χ2v) is 6.54. The lowest BCUT2D eigenvalue weighted by molar-refractivity contribution is -0.123. The zero-order valence-corrected chi connectivity index (χ0v) is 18.2. The number of anilines is 1. The van der Waals surface area contributed by atoms with Crippen LogP contribution in [-0.4, -0.2) is 56.1 Å². The summed E-state index contributed by atoms with van der Waals surface area (Å²) in [7, 11) is 1.77. The minimum absolute atomic E-state index is 0. The van der Waals surface area contributed by atoms with E-state index in [9.17, 15) is 4.79 Å². The van der Waals surface area contributed by atoms with E-state index >= 15 is 0 Å². The maximum atomic E-state index is 11.5. The second-order valence-electron chi connectivity index (χ2n) is 6.54. The van der Waals surface area contributed by atoms with Crippen LogP contribution in [0.3, 0.4) is 0 Å². The van der Waals surface area contributed by atoms with Crippen molar-refractivity contribution in [3.63, 3.8) is 0 Å². The molecule has 2 rings (SSSR count). The molecule has 1 aliphatic rings. The molecule has 7 nitrogen and oxygen atoms in total. The Kier molecular flexibility index (Phi) is 10.3. The van der Waals surface area contributed by atoms with Gasteiger partial charge in [0.25, 0.3) is 0 Å². The van der Waals surface area contributed by atoms with Gasteiger partial charge in [0, 0.05) is 51.4 Å². The molecule has 0 radical (unpaired) electrons. The molecule has 0 aliphatic carbocycles. The fraction of sp³-hybridized carbons (Fsp3) is 0.611. The molecule has 0 aromatic carbocycles. The molecule has 0 unspecified atom stereocenters. The van der Waals surface area contributed by atoms with Gasteiger partial charge in [0.1, 0.15) is 5.82 Å². The van der Waals surface area contributed by atoms with Crippen LogP contribution in [0.15, 0.2) is 29.4 Å². The summed E-state index contributed by atoms with van der Waals surface area (Å²) in [5.74, 6) is 1.92. The van der Waals surface area contributed by atoms with Gasteiger partial charge in [-0.05, 0) is 25.0 Å². The smallest absolute Gasteiger partial charge is 0.222 e. The van der Waals surface area contributed by atoms with Crippen LogP contribution in [0.25, 0.3) is 0 Å². The summed E-state index contributed by atoms with van der Waals surface area (Å²) in [6.07, 6.45) is 3.92. The van der Waals surface area contributed by atoms with Crippen LogP contribution in [0.2, 0.25) is 0 Å². The van der Waals surface area contributed by atoms with Crippen molar-refractivity contribution in [3.05, 3.63) is 24.4 Å². The number of hydrogen-bond acceptors (Lipinski definition) is 4. The maximum Gasteiger partial charge on any atom is 0.222 e. The Morgan fingerprint density at radius 3 is 2.54 bits per heavy atom. The number of carbonyl (C=O) groups excluding carboxylic acids is 1. The van der Waals surface area contributed by atoms with Crippen molar-refractivity contribution in [2.75, 3.05) is 38.1 Å². The summed E-state index contributed by atoms with van der Waals surface area (Å²) in [5, 5.41) is 9.61. The van der Waals surface area contributed by atoms with Crippen molar-refractivity contribution < 1.29 is 4.79 Å². The molecule has 1 fully saturated rings. The molecule has 26 heavy (non-hydrogen) atoms.